The summed E-state index contributed by atoms with van der Waals surface area (Å²) >= 11 is 0. The predicted molar refractivity (Wildman–Crippen MR) is 124 cm³/mol. The summed E-state index contributed by atoms with van der Waals surface area (Å²) < 4.78 is 16.8. The largest absolute Gasteiger partial charge is 0.493 e. The summed E-state index contributed by atoms with van der Waals surface area (Å²) in [5.74, 6) is 2.76. The second-order valence-corrected chi connectivity index (χ2v) is 8.21. The van der Waals surface area contributed by atoms with Crippen LogP contribution in [0.1, 0.15) is 37.6 Å². The van der Waals surface area contributed by atoms with Crippen molar-refractivity contribution in [2.24, 2.45) is 0 Å². The first kappa shape index (κ1) is 21.4. The van der Waals surface area contributed by atoms with Crippen molar-refractivity contribution in [1.82, 2.24) is 30.5 Å². The van der Waals surface area contributed by atoms with Gasteiger partial charge in [-0.3, -0.25) is 0 Å². The quantitative estimate of drug-likeness (QED) is 0.437. The van der Waals surface area contributed by atoms with Crippen LogP contribution >= 0.6 is 0 Å². The molecule has 0 spiro atoms. The van der Waals surface area contributed by atoms with Gasteiger partial charge in [-0.05, 0) is 44.0 Å². The minimum Gasteiger partial charge on any atom is -0.493 e. The summed E-state index contributed by atoms with van der Waals surface area (Å²) in [5, 5.41) is 11.9. The molecular weight excluding hydrogens is 420 g/mol. The van der Waals surface area contributed by atoms with Crippen LogP contribution in [0.3, 0.4) is 0 Å². The molecule has 1 saturated heterocycles. The Labute approximate surface area is 191 Å². The third-order valence-electron chi connectivity index (χ3n) is 6.15. The molecule has 0 aliphatic carbocycles. The lowest BCUT2D eigenvalue weighted by Crippen LogP contribution is -2.35. The molecule has 9 heteroatoms. The highest BCUT2D eigenvalue weighted by Crippen LogP contribution is 2.36. The SMILES string of the molecule is CCc1c(-c2ccc(OC)c(OC)c2)[nH]c2cnc(-c3nnc(CC4CCCCN4)o3)nc12. The first-order chi connectivity index (χ1) is 16.2. The summed E-state index contributed by atoms with van der Waals surface area (Å²) in [7, 11) is 3.26. The Morgan fingerprint density at radius 2 is 2.00 bits per heavy atom. The van der Waals surface area contributed by atoms with Gasteiger partial charge in [-0.15, -0.1) is 10.2 Å². The minimum absolute atomic E-state index is 0.346. The highest BCUT2D eigenvalue weighted by atomic mass is 16.5. The van der Waals surface area contributed by atoms with Crippen LogP contribution in [0.25, 0.3) is 34.0 Å². The molecule has 1 unspecified atom stereocenters. The number of hydrogen-bond donors (Lipinski definition) is 2. The van der Waals surface area contributed by atoms with E-state index in [1.807, 2.05) is 18.2 Å². The lowest BCUT2D eigenvalue weighted by atomic mass is 10.0. The van der Waals surface area contributed by atoms with Crippen molar-refractivity contribution in [3.63, 3.8) is 0 Å². The summed E-state index contributed by atoms with van der Waals surface area (Å²) in [6, 6.07) is 6.25. The maximum Gasteiger partial charge on any atom is 0.285 e. The number of nitrogens with zero attached hydrogens (tertiary/aromatic N) is 4. The van der Waals surface area contributed by atoms with Crippen LogP contribution in [0.4, 0.5) is 0 Å². The Balaban J connectivity index is 1.47. The lowest BCUT2D eigenvalue weighted by Gasteiger charge is -2.21. The molecule has 0 radical (unpaired) electrons. The molecule has 1 atom stereocenters. The Hall–Kier alpha value is -3.46. The summed E-state index contributed by atoms with van der Waals surface area (Å²) in [6.07, 6.45) is 6.87. The standard InChI is InChI=1S/C24H28N6O3/c1-4-16-21(14-8-9-18(31-2)19(11-14)32-3)27-17-13-26-23(28-22(16)17)24-30-29-20(33-24)12-15-7-5-6-10-25-15/h8-9,11,13,15,25,27H,4-7,10,12H2,1-3H3. The zero-order valence-electron chi connectivity index (χ0n) is 19.1. The molecule has 172 valence electrons. The van der Waals surface area contributed by atoms with Gasteiger partial charge in [0.15, 0.2) is 11.5 Å². The topological polar surface area (TPSA) is 111 Å². The number of nitrogens with one attached hydrogen (secondary N) is 2. The molecule has 0 amide bonds. The van der Waals surface area contributed by atoms with E-state index in [0.717, 1.165) is 53.7 Å². The number of fused-ring (bicyclic) bond motifs is 1. The van der Waals surface area contributed by atoms with Crippen LogP contribution < -0.4 is 14.8 Å². The average Bonchev–Trinajstić information content (AvgIpc) is 3.48. The Morgan fingerprint density at radius 3 is 2.76 bits per heavy atom. The van der Waals surface area contributed by atoms with Crippen molar-refractivity contribution < 1.29 is 13.9 Å². The number of aryl methyl sites for hydroxylation is 1. The third-order valence-corrected chi connectivity index (χ3v) is 6.15. The molecule has 4 aromatic rings. The molecule has 9 nitrogen and oxygen atoms in total. The molecule has 1 aliphatic rings. The van der Waals surface area contributed by atoms with Gasteiger partial charge < -0.3 is 24.2 Å². The maximum atomic E-state index is 5.91. The van der Waals surface area contributed by atoms with Crippen molar-refractivity contribution in [2.75, 3.05) is 20.8 Å². The fraction of sp³-hybridized carbons (Fsp3) is 0.417. The van der Waals surface area contributed by atoms with Crippen molar-refractivity contribution >= 4 is 11.0 Å². The van der Waals surface area contributed by atoms with Gasteiger partial charge in [0.05, 0.1) is 37.1 Å². The van der Waals surface area contributed by atoms with Gasteiger partial charge in [0.25, 0.3) is 5.89 Å². The number of aromatic amines is 1. The number of H-pyrrole nitrogens is 1. The molecule has 0 saturated carbocycles. The van der Waals surface area contributed by atoms with Gasteiger partial charge in [0.1, 0.15) is 0 Å². The van der Waals surface area contributed by atoms with Crippen LogP contribution in [0.2, 0.25) is 0 Å². The third kappa shape index (κ3) is 4.16. The smallest absolute Gasteiger partial charge is 0.285 e. The summed E-state index contributed by atoms with van der Waals surface area (Å²) in [6.45, 7) is 3.15. The molecule has 1 aromatic carbocycles. The molecule has 4 heterocycles. The molecule has 3 aromatic heterocycles. The number of rotatable bonds is 7. The van der Waals surface area contributed by atoms with E-state index in [1.54, 1.807) is 20.4 Å². The first-order valence-corrected chi connectivity index (χ1v) is 11.4. The first-order valence-electron chi connectivity index (χ1n) is 11.4. The molecule has 0 bridgehead atoms. The van der Waals surface area contributed by atoms with Gasteiger partial charge in [0, 0.05) is 23.6 Å². The number of aromatic nitrogens is 5. The Kier molecular flexibility index (Phi) is 5.95. The van der Waals surface area contributed by atoms with Crippen LogP contribution in [-0.2, 0) is 12.8 Å². The predicted octanol–water partition coefficient (Wildman–Crippen LogP) is 3.94. The molecule has 2 N–H and O–H groups in total. The number of benzene rings is 1. The molecule has 1 fully saturated rings. The normalized spacial score (nSPS) is 16.3. The van der Waals surface area contributed by atoms with Gasteiger partial charge >= 0.3 is 0 Å². The number of ether oxygens (including phenoxy) is 2. The summed E-state index contributed by atoms with van der Waals surface area (Å²) in [5.41, 5.74) is 4.76. The van der Waals surface area contributed by atoms with Crippen LogP contribution in [-0.4, -0.2) is 52.0 Å². The van der Waals surface area contributed by atoms with Gasteiger partial charge in [-0.2, -0.15) is 0 Å². The van der Waals surface area contributed by atoms with E-state index in [0.29, 0.717) is 35.1 Å². The summed E-state index contributed by atoms with van der Waals surface area (Å²) in [4.78, 5) is 12.7. The second kappa shape index (κ2) is 9.19. The van der Waals surface area contributed by atoms with E-state index in [9.17, 15) is 0 Å². The van der Waals surface area contributed by atoms with E-state index < -0.39 is 0 Å². The number of piperidine rings is 1. The molecule has 5 rings (SSSR count). The minimum atomic E-state index is 0.346. The Morgan fingerprint density at radius 1 is 1.12 bits per heavy atom. The van der Waals surface area contributed by atoms with E-state index in [4.69, 9.17) is 18.9 Å². The zero-order valence-corrected chi connectivity index (χ0v) is 19.1. The average molecular weight is 449 g/mol. The number of methoxy groups -OCH3 is 2. The van der Waals surface area contributed by atoms with E-state index in [1.165, 1.54) is 12.8 Å². The highest BCUT2D eigenvalue weighted by Gasteiger charge is 2.20. The second-order valence-electron chi connectivity index (χ2n) is 8.21. The van der Waals surface area contributed by atoms with Gasteiger partial charge in [-0.25, -0.2) is 9.97 Å². The molecular formula is C24H28N6O3. The monoisotopic (exact) mass is 448 g/mol. The van der Waals surface area contributed by atoms with Crippen molar-refractivity contribution in [3.8, 4) is 34.5 Å². The number of hydrogen-bond acceptors (Lipinski definition) is 8. The van der Waals surface area contributed by atoms with E-state index in [2.05, 4.69) is 32.4 Å². The zero-order chi connectivity index (χ0) is 22.8. The van der Waals surface area contributed by atoms with Crippen molar-refractivity contribution in [3.05, 3.63) is 35.9 Å². The van der Waals surface area contributed by atoms with Crippen molar-refractivity contribution in [2.45, 2.75) is 45.1 Å². The van der Waals surface area contributed by atoms with Gasteiger partial charge in [0.2, 0.25) is 11.7 Å². The fourth-order valence-corrected chi connectivity index (χ4v) is 4.45. The molecule has 33 heavy (non-hydrogen) atoms. The van der Waals surface area contributed by atoms with Crippen LogP contribution in [0, 0.1) is 0 Å². The van der Waals surface area contributed by atoms with E-state index in [-0.39, 0.29) is 0 Å². The molecule has 1 aliphatic heterocycles. The lowest BCUT2D eigenvalue weighted by molar-refractivity contribution is 0.355. The van der Waals surface area contributed by atoms with Crippen molar-refractivity contribution in [1.29, 1.82) is 0 Å². The Bertz CT molecular complexity index is 1260. The van der Waals surface area contributed by atoms with E-state index >= 15 is 0 Å². The van der Waals surface area contributed by atoms with Crippen LogP contribution in [0.5, 0.6) is 11.5 Å². The fourth-order valence-electron chi connectivity index (χ4n) is 4.45. The highest BCUT2D eigenvalue weighted by molar-refractivity contribution is 5.88. The van der Waals surface area contributed by atoms with Crippen LogP contribution in [0.15, 0.2) is 28.8 Å². The maximum absolute atomic E-state index is 5.91. The van der Waals surface area contributed by atoms with Gasteiger partial charge in [-0.1, -0.05) is 13.3 Å².